The van der Waals surface area contributed by atoms with E-state index in [0.29, 0.717) is 12.3 Å². The van der Waals surface area contributed by atoms with E-state index >= 15 is 0 Å². The Bertz CT molecular complexity index is 501. The van der Waals surface area contributed by atoms with Gasteiger partial charge in [0.25, 0.3) is 5.56 Å². The summed E-state index contributed by atoms with van der Waals surface area (Å²) in [6, 6.07) is 4.02. The molecule has 104 valence electrons. The monoisotopic (exact) mass is 284 g/mol. The Morgan fingerprint density at radius 1 is 1.47 bits per heavy atom. The lowest BCUT2D eigenvalue weighted by Crippen LogP contribution is -2.41. The summed E-state index contributed by atoms with van der Waals surface area (Å²) in [5, 5.41) is 11.3. The highest BCUT2D eigenvalue weighted by Crippen LogP contribution is 2.04. The van der Waals surface area contributed by atoms with Gasteiger partial charge in [-0.15, -0.1) is 0 Å². The highest BCUT2D eigenvalue weighted by Gasteiger charge is 2.17. The molecule has 1 aromatic heterocycles. The van der Waals surface area contributed by atoms with E-state index in [1.54, 1.807) is 22.9 Å². The lowest BCUT2D eigenvalue weighted by Gasteiger charge is -2.12. The van der Waals surface area contributed by atoms with Gasteiger partial charge >= 0.3 is 5.97 Å². The molecule has 0 aliphatic heterocycles. The number of hydrogen-bond donors (Lipinski definition) is 2. The lowest BCUT2D eigenvalue weighted by molar-refractivity contribution is -0.140. The van der Waals surface area contributed by atoms with Crippen molar-refractivity contribution in [2.75, 3.05) is 11.5 Å². The number of carboxylic acids is 1. The van der Waals surface area contributed by atoms with E-state index in [4.69, 9.17) is 5.11 Å². The summed E-state index contributed by atoms with van der Waals surface area (Å²) >= 11 is 1.38. The van der Waals surface area contributed by atoms with Crippen LogP contribution in [0.15, 0.2) is 29.2 Å². The first kappa shape index (κ1) is 15.3. The Balaban J connectivity index is 2.37. The second-order valence-corrected chi connectivity index (χ2v) is 5.05. The Labute approximate surface area is 114 Å². The molecule has 7 heteroatoms. The van der Waals surface area contributed by atoms with Crippen LogP contribution in [0.1, 0.15) is 6.92 Å². The van der Waals surface area contributed by atoms with E-state index in [-0.39, 0.29) is 17.2 Å². The Kier molecular flexibility index (Phi) is 6.14. The van der Waals surface area contributed by atoms with Gasteiger partial charge in [0.2, 0.25) is 5.91 Å². The van der Waals surface area contributed by atoms with Crippen molar-refractivity contribution in [2.45, 2.75) is 19.5 Å². The van der Waals surface area contributed by atoms with Gasteiger partial charge < -0.3 is 15.0 Å². The van der Waals surface area contributed by atoms with Gasteiger partial charge in [-0.3, -0.25) is 9.59 Å². The summed E-state index contributed by atoms with van der Waals surface area (Å²) in [5.74, 6) is -0.545. The van der Waals surface area contributed by atoms with Gasteiger partial charge in [-0.05, 0) is 6.07 Å². The fourth-order valence-corrected chi connectivity index (χ4v) is 2.38. The molecule has 6 nitrogen and oxygen atoms in total. The molecule has 0 saturated carbocycles. The number of carbonyl (C=O) groups excluding carboxylic acids is 1. The van der Waals surface area contributed by atoms with Crippen LogP contribution in [0.25, 0.3) is 0 Å². The molecule has 1 rings (SSSR count). The maximum Gasteiger partial charge on any atom is 0.327 e. The molecular weight excluding hydrogens is 268 g/mol. The number of thioether (sulfide) groups is 1. The summed E-state index contributed by atoms with van der Waals surface area (Å²) in [6.45, 7) is 1.79. The van der Waals surface area contributed by atoms with E-state index in [1.165, 1.54) is 24.8 Å². The van der Waals surface area contributed by atoms with Crippen LogP contribution >= 0.6 is 11.8 Å². The number of carbonyl (C=O) groups is 2. The summed E-state index contributed by atoms with van der Waals surface area (Å²) in [7, 11) is 0. The molecule has 2 N–H and O–H groups in total. The third kappa shape index (κ3) is 5.60. The number of aryl methyl sites for hydroxylation is 1. The minimum Gasteiger partial charge on any atom is -0.480 e. The Morgan fingerprint density at radius 3 is 2.79 bits per heavy atom. The third-order valence-electron chi connectivity index (χ3n) is 2.34. The molecule has 1 aromatic rings. The summed E-state index contributed by atoms with van der Waals surface area (Å²) in [6.07, 6.45) is 1.69. The van der Waals surface area contributed by atoms with Crippen LogP contribution in [0.3, 0.4) is 0 Å². The number of hydrogen-bond acceptors (Lipinski definition) is 4. The molecule has 1 heterocycles. The van der Waals surface area contributed by atoms with Crippen LogP contribution in [-0.4, -0.2) is 39.1 Å². The third-order valence-corrected chi connectivity index (χ3v) is 3.38. The van der Waals surface area contributed by atoms with Crippen LogP contribution in [0.5, 0.6) is 0 Å². The molecule has 0 bridgehead atoms. The van der Waals surface area contributed by atoms with Crippen molar-refractivity contribution in [3.05, 3.63) is 34.7 Å². The number of aromatic nitrogens is 1. The van der Waals surface area contributed by atoms with E-state index in [0.717, 1.165) is 0 Å². The highest BCUT2D eigenvalue weighted by molar-refractivity contribution is 7.99. The smallest absolute Gasteiger partial charge is 0.327 e. The lowest BCUT2D eigenvalue weighted by atomic mass is 10.3. The van der Waals surface area contributed by atoms with Gasteiger partial charge in [0.15, 0.2) is 0 Å². The normalized spacial score (nSPS) is 11.8. The van der Waals surface area contributed by atoms with Crippen molar-refractivity contribution < 1.29 is 14.7 Å². The van der Waals surface area contributed by atoms with Crippen LogP contribution in [0.2, 0.25) is 0 Å². The van der Waals surface area contributed by atoms with Gasteiger partial charge in [-0.25, -0.2) is 4.79 Å². The number of amides is 1. The van der Waals surface area contributed by atoms with Crippen LogP contribution in [-0.2, 0) is 16.1 Å². The number of rotatable bonds is 7. The van der Waals surface area contributed by atoms with Crippen LogP contribution in [0.4, 0.5) is 0 Å². The van der Waals surface area contributed by atoms with Crippen molar-refractivity contribution in [3.8, 4) is 0 Å². The Hall–Kier alpha value is -1.76. The van der Waals surface area contributed by atoms with Gasteiger partial charge in [-0.2, -0.15) is 11.8 Å². The minimum atomic E-state index is -1.06. The standard InChI is InChI=1S/C12H16N2O4S/c1-9(15)13-10(12(17)18)8-19-7-6-14-5-3-2-4-11(14)16/h2-5,10H,6-8H2,1H3,(H,13,15)(H,17,18). The minimum absolute atomic E-state index is 0.0836. The largest absolute Gasteiger partial charge is 0.480 e. The van der Waals surface area contributed by atoms with Gasteiger partial charge in [-0.1, -0.05) is 6.07 Å². The van der Waals surface area contributed by atoms with Crippen molar-refractivity contribution >= 4 is 23.6 Å². The van der Waals surface area contributed by atoms with Crippen molar-refractivity contribution in [2.24, 2.45) is 0 Å². The first-order valence-electron chi connectivity index (χ1n) is 5.74. The van der Waals surface area contributed by atoms with Crippen molar-refractivity contribution in [3.63, 3.8) is 0 Å². The van der Waals surface area contributed by atoms with Crippen molar-refractivity contribution in [1.29, 1.82) is 0 Å². The zero-order valence-corrected chi connectivity index (χ0v) is 11.4. The van der Waals surface area contributed by atoms with Crippen LogP contribution < -0.4 is 10.9 Å². The zero-order valence-electron chi connectivity index (χ0n) is 10.5. The molecule has 0 aliphatic carbocycles. The second kappa shape index (κ2) is 7.63. The van der Waals surface area contributed by atoms with E-state index in [1.807, 2.05) is 0 Å². The first-order valence-corrected chi connectivity index (χ1v) is 6.89. The topological polar surface area (TPSA) is 88.4 Å². The molecule has 0 fully saturated rings. The zero-order chi connectivity index (χ0) is 14.3. The molecular formula is C12H16N2O4S. The number of pyridine rings is 1. The summed E-state index contributed by atoms with van der Waals surface area (Å²) in [4.78, 5) is 33.1. The second-order valence-electron chi connectivity index (χ2n) is 3.90. The number of nitrogens with zero attached hydrogens (tertiary/aromatic N) is 1. The van der Waals surface area contributed by atoms with Crippen molar-refractivity contribution in [1.82, 2.24) is 9.88 Å². The quantitative estimate of drug-likeness (QED) is 0.697. The van der Waals surface area contributed by atoms with E-state index in [2.05, 4.69) is 5.32 Å². The fourth-order valence-electron chi connectivity index (χ4n) is 1.43. The number of carboxylic acid groups (broad SMARTS) is 1. The molecule has 0 radical (unpaired) electrons. The molecule has 0 saturated heterocycles. The molecule has 0 aliphatic rings. The van der Waals surface area contributed by atoms with Gasteiger partial charge in [0, 0.05) is 37.2 Å². The average Bonchev–Trinajstić information content (AvgIpc) is 2.34. The predicted octanol–water partition coefficient (Wildman–Crippen LogP) is 0.171. The molecule has 19 heavy (non-hydrogen) atoms. The summed E-state index contributed by atoms with van der Waals surface area (Å²) < 4.78 is 1.56. The molecule has 1 amide bonds. The molecule has 1 atom stereocenters. The van der Waals surface area contributed by atoms with Gasteiger partial charge in [0.1, 0.15) is 6.04 Å². The predicted molar refractivity (Wildman–Crippen MR) is 73.3 cm³/mol. The van der Waals surface area contributed by atoms with E-state index < -0.39 is 12.0 Å². The number of aliphatic carboxylic acids is 1. The maximum atomic E-state index is 11.4. The number of nitrogens with one attached hydrogen (secondary N) is 1. The van der Waals surface area contributed by atoms with Crippen LogP contribution in [0, 0.1) is 0 Å². The molecule has 0 spiro atoms. The maximum absolute atomic E-state index is 11.4. The Morgan fingerprint density at radius 2 is 2.21 bits per heavy atom. The average molecular weight is 284 g/mol. The summed E-state index contributed by atoms with van der Waals surface area (Å²) in [5.41, 5.74) is -0.0836. The van der Waals surface area contributed by atoms with E-state index in [9.17, 15) is 14.4 Å². The fraction of sp³-hybridized carbons (Fsp3) is 0.417. The van der Waals surface area contributed by atoms with Gasteiger partial charge in [0.05, 0.1) is 0 Å². The first-order chi connectivity index (χ1) is 9.00. The molecule has 0 aromatic carbocycles. The SMILES string of the molecule is CC(=O)NC(CSCCn1ccccc1=O)C(=O)O. The highest BCUT2D eigenvalue weighted by atomic mass is 32.2. The molecule has 1 unspecified atom stereocenters.